The number of nitriles is 2. The second-order valence-electron chi connectivity index (χ2n) is 14.1. The summed E-state index contributed by atoms with van der Waals surface area (Å²) in [6.07, 6.45) is 21.1. The van der Waals surface area contributed by atoms with Crippen LogP contribution in [0.4, 0.5) is 11.4 Å². The van der Waals surface area contributed by atoms with Crippen molar-refractivity contribution in [1.82, 2.24) is 4.57 Å². The molecule has 4 aliphatic rings. The lowest BCUT2D eigenvalue weighted by molar-refractivity contribution is 0.542. The molecule has 2 heterocycles. The van der Waals surface area contributed by atoms with Gasteiger partial charge in [-0.25, -0.2) is 0 Å². The summed E-state index contributed by atoms with van der Waals surface area (Å²) in [5, 5.41) is 22.6. The van der Waals surface area contributed by atoms with Crippen molar-refractivity contribution in [1.29, 1.82) is 10.5 Å². The molecule has 5 aromatic rings. The van der Waals surface area contributed by atoms with Crippen LogP contribution in [0.1, 0.15) is 42.9 Å². The largest absolute Gasteiger partial charge is 0.331 e. The topological polar surface area (TPSA) is 55.8 Å². The van der Waals surface area contributed by atoms with Crippen molar-refractivity contribution in [2.45, 2.75) is 31.7 Å². The van der Waals surface area contributed by atoms with Crippen LogP contribution in [-0.2, 0) is 0 Å². The Hall–Kier alpha value is -6.10. The molecule has 0 radical (unpaired) electrons. The molecule has 1 aliphatic heterocycles. The SMILES string of the molecule is CC1C=CC(C2C=CC(c3ccc(N4c5ccc(C#N)cc5C5C=CC=C[C@@]54C)cc3)=CC2)=C(n2c3ccccc3c3ccccc32)C1C#N. The lowest BCUT2D eigenvalue weighted by Crippen LogP contribution is -2.41. The van der Waals surface area contributed by atoms with Crippen LogP contribution in [0.15, 0.2) is 151 Å². The van der Waals surface area contributed by atoms with Crippen molar-refractivity contribution in [3.8, 4) is 12.1 Å². The summed E-state index contributed by atoms with van der Waals surface area (Å²) in [4.78, 5) is 2.42. The minimum atomic E-state index is -0.252. The number of hydrogen-bond acceptors (Lipinski definition) is 3. The Morgan fingerprint density at radius 2 is 1.54 bits per heavy atom. The first kappa shape index (κ1) is 30.0. The van der Waals surface area contributed by atoms with Gasteiger partial charge in [-0.1, -0.05) is 110 Å². The highest BCUT2D eigenvalue weighted by atomic mass is 15.2. The fourth-order valence-corrected chi connectivity index (χ4v) is 8.80. The first-order valence-corrected chi connectivity index (χ1v) is 17.5. The fourth-order valence-electron chi connectivity index (χ4n) is 8.80. The molecule has 0 bridgehead atoms. The second kappa shape index (κ2) is 11.5. The molecule has 4 nitrogen and oxygen atoms in total. The van der Waals surface area contributed by atoms with E-state index in [0.29, 0.717) is 5.56 Å². The van der Waals surface area contributed by atoms with Gasteiger partial charge in [0.1, 0.15) is 0 Å². The molecule has 1 aromatic heterocycles. The number of aromatic nitrogens is 1. The zero-order valence-electron chi connectivity index (χ0n) is 28.2. The van der Waals surface area contributed by atoms with Crippen LogP contribution in [0.3, 0.4) is 0 Å². The van der Waals surface area contributed by atoms with E-state index in [9.17, 15) is 10.5 Å². The zero-order valence-corrected chi connectivity index (χ0v) is 28.2. The second-order valence-corrected chi connectivity index (χ2v) is 14.1. The van der Waals surface area contributed by atoms with Crippen LogP contribution >= 0.6 is 0 Å². The van der Waals surface area contributed by atoms with Gasteiger partial charge >= 0.3 is 0 Å². The monoisotopic (exact) mass is 644 g/mol. The van der Waals surface area contributed by atoms with E-state index < -0.39 is 0 Å². The third kappa shape index (κ3) is 4.42. The summed E-state index contributed by atoms with van der Waals surface area (Å²) in [7, 11) is 0. The molecular formula is C46H36N4. The number of allylic oxidation sites excluding steroid dienone is 10. The van der Waals surface area contributed by atoms with Crippen molar-refractivity contribution in [2.24, 2.45) is 17.8 Å². The molecule has 0 N–H and O–H groups in total. The summed E-state index contributed by atoms with van der Waals surface area (Å²) in [6.45, 7) is 4.43. The van der Waals surface area contributed by atoms with Gasteiger partial charge < -0.3 is 9.47 Å². The number of nitrogens with zero attached hydrogens (tertiary/aromatic N) is 4. The van der Waals surface area contributed by atoms with E-state index in [1.54, 1.807) is 0 Å². The Morgan fingerprint density at radius 1 is 0.800 bits per heavy atom. The van der Waals surface area contributed by atoms with Crippen molar-refractivity contribution in [3.05, 3.63) is 168 Å². The molecular weight excluding hydrogens is 609 g/mol. The van der Waals surface area contributed by atoms with E-state index >= 15 is 0 Å². The smallest absolute Gasteiger partial charge is 0.0991 e. The molecule has 5 atom stereocenters. The summed E-state index contributed by atoms with van der Waals surface area (Å²) in [6, 6.07) is 37.1. The molecule has 0 fully saturated rings. The van der Waals surface area contributed by atoms with Crippen LogP contribution in [0.5, 0.6) is 0 Å². The first-order chi connectivity index (χ1) is 24.5. The number of fused-ring (bicyclic) bond motifs is 6. The predicted molar refractivity (Wildman–Crippen MR) is 204 cm³/mol. The summed E-state index contributed by atoms with van der Waals surface area (Å²) in [5.41, 5.74) is 10.9. The van der Waals surface area contributed by atoms with E-state index in [1.165, 1.54) is 33.0 Å². The van der Waals surface area contributed by atoms with Crippen LogP contribution in [0.25, 0.3) is 33.1 Å². The molecule has 4 unspecified atom stereocenters. The highest BCUT2D eigenvalue weighted by Gasteiger charge is 2.47. The molecule has 0 saturated carbocycles. The van der Waals surface area contributed by atoms with Crippen LogP contribution in [0.2, 0.25) is 0 Å². The lowest BCUT2D eigenvalue weighted by Gasteiger charge is -2.39. The maximum absolute atomic E-state index is 10.6. The van der Waals surface area contributed by atoms with Crippen molar-refractivity contribution < 1.29 is 0 Å². The van der Waals surface area contributed by atoms with Crippen molar-refractivity contribution in [2.75, 3.05) is 4.90 Å². The van der Waals surface area contributed by atoms with Gasteiger partial charge in [0.25, 0.3) is 0 Å². The highest BCUT2D eigenvalue weighted by Crippen LogP contribution is 2.54. The molecule has 3 aliphatic carbocycles. The lowest BCUT2D eigenvalue weighted by atomic mass is 9.78. The van der Waals surface area contributed by atoms with E-state index in [-0.39, 0.29) is 29.2 Å². The number of para-hydroxylation sites is 2. The zero-order chi connectivity index (χ0) is 34.0. The van der Waals surface area contributed by atoms with Gasteiger partial charge in [-0.2, -0.15) is 10.5 Å². The Bertz CT molecular complexity index is 2430. The predicted octanol–water partition coefficient (Wildman–Crippen LogP) is 11.0. The van der Waals surface area contributed by atoms with Crippen molar-refractivity contribution >= 4 is 44.5 Å². The molecule has 9 rings (SSSR count). The number of hydrogen-bond donors (Lipinski definition) is 0. The standard InChI is InChI=1S/C46H36N4/c1-30-14-24-36(45(40(30)29-48)49-42-12-5-3-9-37(42)38-10-4-6-13-43(38)49)34-18-16-32(17-19-34)33-20-22-35(23-21-33)50-44-25-15-31(28-47)27-39(44)41-11-7-8-26-46(41,50)2/h3-18,20-27,30,34,40-41H,19H2,1-2H3/t30?,34?,40?,41?,46-/m0/s1. The number of anilines is 2. The molecule has 0 amide bonds. The molecule has 4 aromatic carbocycles. The van der Waals surface area contributed by atoms with Gasteiger partial charge in [0.05, 0.1) is 40.2 Å². The van der Waals surface area contributed by atoms with Gasteiger partial charge in [-0.05, 0) is 84.0 Å². The average molecular weight is 645 g/mol. The van der Waals surface area contributed by atoms with Gasteiger partial charge in [0.15, 0.2) is 0 Å². The minimum absolute atomic E-state index is 0.115. The molecule has 0 spiro atoms. The van der Waals surface area contributed by atoms with E-state index in [2.05, 4.69) is 169 Å². The highest BCUT2D eigenvalue weighted by molar-refractivity contribution is 6.10. The maximum atomic E-state index is 10.6. The normalized spacial score (nSPS) is 25.0. The third-order valence-electron chi connectivity index (χ3n) is 11.3. The van der Waals surface area contributed by atoms with E-state index in [0.717, 1.165) is 34.5 Å². The van der Waals surface area contributed by atoms with Crippen LogP contribution < -0.4 is 4.90 Å². The summed E-state index contributed by atoms with van der Waals surface area (Å²) in [5.74, 6) is 0.203. The minimum Gasteiger partial charge on any atom is -0.331 e. The Morgan fingerprint density at radius 3 is 2.22 bits per heavy atom. The van der Waals surface area contributed by atoms with Crippen LogP contribution in [-0.4, -0.2) is 10.1 Å². The third-order valence-corrected chi connectivity index (χ3v) is 11.3. The number of benzene rings is 4. The van der Waals surface area contributed by atoms with Gasteiger partial charge in [0.2, 0.25) is 0 Å². The van der Waals surface area contributed by atoms with Gasteiger partial charge in [0, 0.05) is 39.7 Å². The van der Waals surface area contributed by atoms with Gasteiger partial charge in [-0.3, -0.25) is 0 Å². The van der Waals surface area contributed by atoms with Gasteiger partial charge in [-0.15, -0.1) is 0 Å². The molecule has 240 valence electrons. The van der Waals surface area contributed by atoms with E-state index in [4.69, 9.17) is 0 Å². The summed E-state index contributed by atoms with van der Waals surface area (Å²) >= 11 is 0. The molecule has 0 saturated heterocycles. The Kier molecular flexibility index (Phi) is 6.90. The fraction of sp³-hybridized carbons (Fsp3) is 0.174. The maximum Gasteiger partial charge on any atom is 0.0991 e. The first-order valence-electron chi connectivity index (χ1n) is 17.5. The molecule has 4 heteroatoms. The summed E-state index contributed by atoms with van der Waals surface area (Å²) < 4.78 is 2.36. The Labute approximate surface area is 293 Å². The number of rotatable bonds is 4. The van der Waals surface area contributed by atoms with E-state index in [1.807, 2.05) is 12.1 Å². The quantitative estimate of drug-likeness (QED) is 0.196. The average Bonchev–Trinajstić information content (AvgIpc) is 3.63. The van der Waals surface area contributed by atoms with Crippen molar-refractivity contribution in [3.63, 3.8) is 0 Å². The Balaban J connectivity index is 1.06. The van der Waals surface area contributed by atoms with Crippen LogP contribution in [0, 0.1) is 40.4 Å². The molecule has 50 heavy (non-hydrogen) atoms.